The molecule has 1 unspecified atom stereocenters. The van der Waals surface area contributed by atoms with Crippen molar-refractivity contribution in [2.45, 2.75) is 64.0 Å². The van der Waals surface area contributed by atoms with Crippen molar-refractivity contribution in [3.63, 3.8) is 0 Å². The molecule has 2 aromatic heterocycles. The van der Waals surface area contributed by atoms with Crippen LogP contribution in [0.1, 0.15) is 51.4 Å². The van der Waals surface area contributed by atoms with Gasteiger partial charge in [0.2, 0.25) is 5.91 Å². The molecule has 2 aromatic rings. The summed E-state index contributed by atoms with van der Waals surface area (Å²) in [5.74, 6) is -0.656. The van der Waals surface area contributed by atoms with Gasteiger partial charge < -0.3 is 10.4 Å². The summed E-state index contributed by atoms with van der Waals surface area (Å²) < 4.78 is 2.52. The number of rotatable bonds is 8. The molecule has 0 aliphatic heterocycles. The molecule has 0 radical (unpaired) electrons. The van der Waals surface area contributed by atoms with Crippen molar-refractivity contribution in [3.05, 3.63) is 34.9 Å². The Balaban J connectivity index is 1.63. The van der Waals surface area contributed by atoms with Gasteiger partial charge in [0.05, 0.1) is 0 Å². The van der Waals surface area contributed by atoms with E-state index in [9.17, 15) is 14.4 Å². The predicted octanol–water partition coefficient (Wildman–Crippen LogP) is 1.82. The van der Waals surface area contributed by atoms with Crippen LogP contribution in [0.2, 0.25) is 0 Å². The Morgan fingerprint density at radius 1 is 1.26 bits per heavy atom. The van der Waals surface area contributed by atoms with E-state index in [0.717, 1.165) is 23.9 Å². The third-order valence-corrected chi connectivity index (χ3v) is 5.20. The summed E-state index contributed by atoms with van der Waals surface area (Å²) in [4.78, 5) is 35.7. The summed E-state index contributed by atoms with van der Waals surface area (Å²) in [5.41, 5.74) is 0.120. The molecular weight excluding hydrogens is 348 g/mol. The molecule has 1 aliphatic carbocycles. The molecule has 1 aliphatic rings. The molecule has 0 aromatic carbocycles. The van der Waals surface area contributed by atoms with Gasteiger partial charge in [-0.05, 0) is 30.9 Å². The highest BCUT2D eigenvalue weighted by molar-refractivity contribution is 5.76. The normalized spacial score (nSPS) is 16.3. The van der Waals surface area contributed by atoms with E-state index in [4.69, 9.17) is 5.11 Å². The van der Waals surface area contributed by atoms with Gasteiger partial charge in [-0.1, -0.05) is 38.2 Å². The molecule has 1 amide bonds. The highest BCUT2D eigenvalue weighted by Gasteiger charge is 2.22. The number of carboxylic acids is 1. The van der Waals surface area contributed by atoms with Crippen LogP contribution in [0.15, 0.2) is 29.2 Å². The summed E-state index contributed by atoms with van der Waals surface area (Å²) in [6.45, 7) is -0.172. The van der Waals surface area contributed by atoms with Crippen LogP contribution in [0.4, 0.5) is 0 Å². The zero-order valence-corrected chi connectivity index (χ0v) is 15.3. The molecule has 2 heterocycles. The average molecular weight is 374 g/mol. The van der Waals surface area contributed by atoms with E-state index < -0.39 is 5.97 Å². The Hall–Kier alpha value is -2.64. The Labute approximate surface area is 157 Å². The van der Waals surface area contributed by atoms with Gasteiger partial charge in [0.25, 0.3) is 0 Å². The summed E-state index contributed by atoms with van der Waals surface area (Å²) in [6.07, 6.45) is 8.72. The van der Waals surface area contributed by atoms with Crippen molar-refractivity contribution >= 4 is 17.5 Å². The van der Waals surface area contributed by atoms with Gasteiger partial charge in [-0.15, -0.1) is 5.10 Å². The molecule has 8 heteroatoms. The lowest BCUT2D eigenvalue weighted by Crippen LogP contribution is -2.40. The number of carbonyl (C=O) groups is 2. The fraction of sp³-hybridized carbons (Fsp3) is 0.579. The molecule has 27 heavy (non-hydrogen) atoms. The van der Waals surface area contributed by atoms with E-state index in [-0.39, 0.29) is 30.6 Å². The number of aromatic nitrogens is 3. The van der Waals surface area contributed by atoms with Crippen molar-refractivity contribution < 1.29 is 14.7 Å². The summed E-state index contributed by atoms with van der Waals surface area (Å²) >= 11 is 0. The van der Waals surface area contributed by atoms with Gasteiger partial charge in [0, 0.05) is 18.7 Å². The van der Waals surface area contributed by atoms with Crippen molar-refractivity contribution in [1.29, 1.82) is 0 Å². The van der Waals surface area contributed by atoms with Crippen LogP contribution < -0.4 is 11.0 Å². The number of carbonyl (C=O) groups excluding carboxylic acids is 1. The number of hydrogen-bond donors (Lipinski definition) is 2. The summed E-state index contributed by atoms with van der Waals surface area (Å²) in [5, 5.41) is 16.1. The van der Waals surface area contributed by atoms with Gasteiger partial charge in [-0.25, -0.2) is 9.48 Å². The minimum atomic E-state index is -0.866. The molecule has 1 fully saturated rings. The zero-order valence-electron chi connectivity index (χ0n) is 15.3. The van der Waals surface area contributed by atoms with E-state index >= 15 is 0 Å². The van der Waals surface area contributed by atoms with E-state index in [1.54, 1.807) is 24.4 Å². The highest BCUT2D eigenvalue weighted by atomic mass is 16.4. The Bertz CT molecular complexity index is 851. The van der Waals surface area contributed by atoms with Crippen molar-refractivity contribution in [2.75, 3.05) is 0 Å². The molecule has 146 valence electrons. The highest BCUT2D eigenvalue weighted by Crippen LogP contribution is 2.28. The smallest absolute Gasteiger partial charge is 0.350 e. The van der Waals surface area contributed by atoms with Crippen LogP contribution in [-0.2, 0) is 16.1 Å². The Morgan fingerprint density at radius 3 is 2.74 bits per heavy atom. The topological polar surface area (TPSA) is 106 Å². The third kappa shape index (κ3) is 5.18. The van der Waals surface area contributed by atoms with Gasteiger partial charge in [0.1, 0.15) is 6.54 Å². The van der Waals surface area contributed by atoms with E-state index in [2.05, 4.69) is 10.4 Å². The lowest BCUT2D eigenvalue weighted by Gasteiger charge is -2.27. The predicted molar refractivity (Wildman–Crippen MR) is 99.4 cm³/mol. The number of aliphatic carboxylic acids is 1. The van der Waals surface area contributed by atoms with Crippen LogP contribution in [0.5, 0.6) is 0 Å². The van der Waals surface area contributed by atoms with Crippen LogP contribution >= 0.6 is 0 Å². The van der Waals surface area contributed by atoms with Crippen molar-refractivity contribution in [2.24, 2.45) is 5.92 Å². The first-order chi connectivity index (χ1) is 13.0. The summed E-state index contributed by atoms with van der Waals surface area (Å²) in [6, 6.07) is 5.02. The lowest BCUT2D eigenvalue weighted by molar-refractivity contribution is -0.137. The Morgan fingerprint density at radius 2 is 2.04 bits per heavy atom. The fourth-order valence-corrected chi connectivity index (χ4v) is 3.85. The van der Waals surface area contributed by atoms with E-state index in [1.807, 2.05) is 0 Å². The van der Waals surface area contributed by atoms with Gasteiger partial charge in [-0.3, -0.25) is 14.0 Å². The monoisotopic (exact) mass is 374 g/mol. The first-order valence-electron chi connectivity index (χ1n) is 9.58. The van der Waals surface area contributed by atoms with Gasteiger partial charge >= 0.3 is 11.7 Å². The first-order valence-corrected chi connectivity index (χ1v) is 9.58. The number of carboxylic acid groups (broad SMARTS) is 1. The minimum Gasteiger partial charge on any atom is -0.481 e. The van der Waals surface area contributed by atoms with Gasteiger partial charge in [0.15, 0.2) is 5.65 Å². The van der Waals surface area contributed by atoms with Crippen molar-refractivity contribution in [1.82, 2.24) is 19.5 Å². The molecule has 0 bridgehead atoms. The Kier molecular flexibility index (Phi) is 6.26. The number of amides is 1. The summed E-state index contributed by atoms with van der Waals surface area (Å²) in [7, 11) is 0. The number of pyridine rings is 1. The molecule has 1 saturated carbocycles. The maximum atomic E-state index is 12.5. The maximum Gasteiger partial charge on any atom is 0.350 e. The number of hydrogen-bond acceptors (Lipinski definition) is 4. The van der Waals surface area contributed by atoms with Crippen LogP contribution in [0, 0.1) is 5.92 Å². The zero-order chi connectivity index (χ0) is 19.2. The molecule has 0 saturated heterocycles. The second-order valence-corrected chi connectivity index (χ2v) is 7.31. The molecule has 3 rings (SSSR count). The first kappa shape index (κ1) is 19.1. The number of nitrogens with one attached hydrogen (secondary N) is 1. The second kappa shape index (κ2) is 8.83. The average Bonchev–Trinajstić information content (AvgIpc) is 2.96. The quantitative estimate of drug-likeness (QED) is 0.733. The van der Waals surface area contributed by atoms with Crippen LogP contribution in [-0.4, -0.2) is 37.2 Å². The fourth-order valence-electron chi connectivity index (χ4n) is 3.85. The second-order valence-electron chi connectivity index (χ2n) is 7.31. The van der Waals surface area contributed by atoms with Crippen molar-refractivity contribution in [3.8, 4) is 0 Å². The number of nitrogens with zero attached hydrogens (tertiary/aromatic N) is 3. The lowest BCUT2D eigenvalue weighted by atomic mass is 9.84. The molecule has 2 N–H and O–H groups in total. The minimum absolute atomic E-state index is 0.0198. The van der Waals surface area contributed by atoms with Crippen LogP contribution in [0.25, 0.3) is 5.65 Å². The van der Waals surface area contributed by atoms with Crippen LogP contribution in [0.3, 0.4) is 0 Å². The molecule has 8 nitrogen and oxygen atoms in total. The van der Waals surface area contributed by atoms with Gasteiger partial charge in [-0.2, -0.15) is 0 Å². The number of fused-ring (bicyclic) bond motifs is 1. The maximum absolute atomic E-state index is 12.5. The molecule has 0 spiro atoms. The molecular formula is C19H26N4O4. The van der Waals surface area contributed by atoms with E-state index in [1.165, 1.54) is 23.7 Å². The van der Waals surface area contributed by atoms with E-state index in [0.29, 0.717) is 18.0 Å². The standard InChI is InChI=1S/C19H26N4O4/c24-17(13-23-19(27)22-11-5-4-8-16(22)21-23)20-15(9-10-18(25)26)12-14-6-2-1-3-7-14/h4-5,8,11,14-15H,1-3,6-7,9-10,12-13H2,(H,20,24)(H,25,26). The largest absolute Gasteiger partial charge is 0.481 e. The third-order valence-electron chi connectivity index (χ3n) is 5.20. The SMILES string of the molecule is O=C(O)CCC(CC1CCCCC1)NC(=O)Cn1nc2ccccn2c1=O. The molecule has 1 atom stereocenters.